The molecule has 1 aromatic carbocycles. The molecule has 0 bridgehead atoms. The first kappa shape index (κ1) is 15.9. The van der Waals surface area contributed by atoms with Gasteiger partial charge in [0.1, 0.15) is 5.82 Å². The molecule has 5 nitrogen and oxygen atoms in total. The van der Waals surface area contributed by atoms with Crippen molar-refractivity contribution in [1.82, 2.24) is 5.32 Å². The van der Waals surface area contributed by atoms with E-state index in [0.717, 1.165) is 0 Å². The van der Waals surface area contributed by atoms with Gasteiger partial charge in [0.25, 0.3) is 0 Å². The normalized spacial score (nSPS) is 12.3. The minimum atomic E-state index is -0.509. The van der Waals surface area contributed by atoms with Crippen molar-refractivity contribution in [3.63, 3.8) is 0 Å². The minimum absolute atomic E-state index is 0.108. The number of halogens is 1. The van der Waals surface area contributed by atoms with Crippen molar-refractivity contribution in [3.05, 3.63) is 35.1 Å². The second-order valence-corrected chi connectivity index (χ2v) is 5.81. The van der Waals surface area contributed by atoms with E-state index in [1.54, 1.807) is 0 Å². The standard InChI is InChI=1S/C14H20FN3O2/c1-14(2,3)7-12(19)17-8-10-5-4-9(6-11(10)15)13(16)18-20/h4-6,20H,7-8H2,1-3H3,(H2,16,18)(H,17,19). The number of rotatable bonds is 4. The number of benzene rings is 1. The lowest BCUT2D eigenvalue weighted by atomic mass is 9.92. The number of nitrogens with two attached hydrogens (primary N) is 1. The van der Waals surface area contributed by atoms with Crippen molar-refractivity contribution in [3.8, 4) is 0 Å². The van der Waals surface area contributed by atoms with Gasteiger partial charge in [0.05, 0.1) is 0 Å². The number of nitrogens with one attached hydrogen (secondary N) is 1. The van der Waals surface area contributed by atoms with Gasteiger partial charge >= 0.3 is 0 Å². The van der Waals surface area contributed by atoms with Crippen molar-refractivity contribution < 1.29 is 14.4 Å². The molecule has 0 aliphatic rings. The second-order valence-electron chi connectivity index (χ2n) is 5.81. The monoisotopic (exact) mass is 281 g/mol. The molecule has 0 heterocycles. The lowest BCUT2D eigenvalue weighted by Gasteiger charge is -2.17. The number of oxime groups is 1. The number of amides is 1. The molecule has 0 aliphatic carbocycles. The van der Waals surface area contributed by atoms with Gasteiger partial charge in [0, 0.05) is 24.1 Å². The zero-order valence-electron chi connectivity index (χ0n) is 11.9. The summed E-state index contributed by atoms with van der Waals surface area (Å²) >= 11 is 0. The Kier molecular flexibility index (Phi) is 5.07. The van der Waals surface area contributed by atoms with Crippen molar-refractivity contribution in [1.29, 1.82) is 0 Å². The van der Waals surface area contributed by atoms with E-state index in [1.807, 2.05) is 20.8 Å². The Labute approximate surface area is 117 Å². The molecule has 0 unspecified atom stereocenters. The van der Waals surface area contributed by atoms with Gasteiger partial charge in [-0.3, -0.25) is 4.79 Å². The van der Waals surface area contributed by atoms with Crippen LogP contribution in [0.1, 0.15) is 38.3 Å². The summed E-state index contributed by atoms with van der Waals surface area (Å²) in [6.07, 6.45) is 0.372. The van der Waals surface area contributed by atoms with Gasteiger partial charge in [-0.2, -0.15) is 0 Å². The predicted octanol–water partition coefficient (Wildman–Crippen LogP) is 1.97. The quantitative estimate of drug-likeness (QED) is 0.341. The van der Waals surface area contributed by atoms with E-state index >= 15 is 0 Å². The summed E-state index contributed by atoms with van der Waals surface area (Å²) in [4.78, 5) is 11.7. The summed E-state index contributed by atoms with van der Waals surface area (Å²) in [5.41, 5.74) is 5.89. The smallest absolute Gasteiger partial charge is 0.220 e. The fraction of sp³-hybridized carbons (Fsp3) is 0.429. The van der Waals surface area contributed by atoms with Crippen molar-refractivity contribution in [2.24, 2.45) is 16.3 Å². The average Bonchev–Trinajstić information content (AvgIpc) is 2.34. The second kappa shape index (κ2) is 6.36. The number of carbonyl (C=O) groups excluding carboxylic acids is 1. The van der Waals surface area contributed by atoms with Crippen molar-refractivity contribution in [2.45, 2.75) is 33.7 Å². The molecule has 0 radical (unpaired) electrons. The third-order valence-corrected chi connectivity index (χ3v) is 2.62. The van der Waals surface area contributed by atoms with Crippen LogP contribution in [0.25, 0.3) is 0 Å². The first-order valence-electron chi connectivity index (χ1n) is 6.26. The van der Waals surface area contributed by atoms with Gasteiger partial charge in [-0.1, -0.05) is 38.1 Å². The van der Waals surface area contributed by atoms with Crippen LogP contribution in [-0.4, -0.2) is 17.0 Å². The SMILES string of the molecule is CC(C)(C)CC(=O)NCc1ccc(C(N)=NO)cc1F. The zero-order valence-corrected chi connectivity index (χ0v) is 11.9. The van der Waals surface area contributed by atoms with E-state index in [1.165, 1.54) is 18.2 Å². The van der Waals surface area contributed by atoms with E-state index in [2.05, 4.69) is 10.5 Å². The molecule has 4 N–H and O–H groups in total. The lowest BCUT2D eigenvalue weighted by molar-refractivity contribution is -0.122. The van der Waals surface area contributed by atoms with Gasteiger partial charge in [-0.05, 0) is 11.5 Å². The van der Waals surface area contributed by atoms with E-state index in [4.69, 9.17) is 10.9 Å². The van der Waals surface area contributed by atoms with Crippen LogP contribution >= 0.6 is 0 Å². The van der Waals surface area contributed by atoms with Crippen LogP contribution in [0.15, 0.2) is 23.4 Å². The van der Waals surface area contributed by atoms with E-state index in [9.17, 15) is 9.18 Å². The van der Waals surface area contributed by atoms with E-state index < -0.39 is 5.82 Å². The van der Waals surface area contributed by atoms with Crippen molar-refractivity contribution in [2.75, 3.05) is 0 Å². The molecule has 0 aromatic heterocycles. The molecular formula is C14H20FN3O2. The lowest BCUT2D eigenvalue weighted by Crippen LogP contribution is -2.27. The number of amidine groups is 1. The summed E-state index contributed by atoms with van der Waals surface area (Å²) in [5.74, 6) is -0.796. The molecule has 1 rings (SSSR count). The molecule has 0 saturated carbocycles. The van der Waals surface area contributed by atoms with Gasteiger partial charge in [-0.25, -0.2) is 4.39 Å². The molecule has 6 heteroatoms. The molecule has 0 fully saturated rings. The molecule has 20 heavy (non-hydrogen) atoms. The number of hydrogen-bond donors (Lipinski definition) is 3. The highest BCUT2D eigenvalue weighted by molar-refractivity contribution is 5.97. The van der Waals surface area contributed by atoms with Crippen LogP contribution in [0.5, 0.6) is 0 Å². The fourth-order valence-corrected chi connectivity index (χ4v) is 1.65. The third kappa shape index (κ3) is 4.87. The van der Waals surface area contributed by atoms with E-state index in [-0.39, 0.29) is 29.3 Å². The van der Waals surface area contributed by atoms with Crippen LogP contribution in [-0.2, 0) is 11.3 Å². The molecule has 1 aromatic rings. The van der Waals surface area contributed by atoms with Crippen molar-refractivity contribution >= 4 is 11.7 Å². The summed E-state index contributed by atoms with van der Waals surface area (Å²) < 4.78 is 13.8. The maximum absolute atomic E-state index is 13.8. The Hall–Kier alpha value is -2.11. The van der Waals surface area contributed by atoms with Crippen LogP contribution in [0, 0.1) is 11.2 Å². The molecule has 0 aliphatic heterocycles. The largest absolute Gasteiger partial charge is 0.409 e. The summed E-state index contributed by atoms with van der Waals surface area (Å²) in [5, 5.41) is 14.0. The first-order chi connectivity index (χ1) is 9.23. The highest BCUT2D eigenvalue weighted by Gasteiger charge is 2.16. The number of carbonyl (C=O) groups is 1. The zero-order chi connectivity index (χ0) is 15.3. The average molecular weight is 281 g/mol. The van der Waals surface area contributed by atoms with Gasteiger partial charge in [-0.15, -0.1) is 0 Å². The van der Waals surface area contributed by atoms with Gasteiger partial charge < -0.3 is 16.3 Å². The Bertz CT molecular complexity index is 522. The fourth-order valence-electron chi connectivity index (χ4n) is 1.65. The highest BCUT2D eigenvalue weighted by Crippen LogP contribution is 2.18. The first-order valence-corrected chi connectivity index (χ1v) is 6.26. The predicted molar refractivity (Wildman–Crippen MR) is 74.8 cm³/mol. The van der Waals surface area contributed by atoms with E-state index in [0.29, 0.717) is 12.0 Å². The Morgan fingerprint density at radius 3 is 2.60 bits per heavy atom. The molecule has 0 spiro atoms. The molecule has 0 saturated heterocycles. The molecule has 1 amide bonds. The minimum Gasteiger partial charge on any atom is -0.409 e. The van der Waals surface area contributed by atoms with Crippen LogP contribution in [0.4, 0.5) is 4.39 Å². The number of nitrogens with zero attached hydrogens (tertiary/aromatic N) is 1. The topological polar surface area (TPSA) is 87.7 Å². The summed E-state index contributed by atoms with van der Waals surface area (Å²) in [6, 6.07) is 4.20. The molecular weight excluding hydrogens is 261 g/mol. The third-order valence-electron chi connectivity index (χ3n) is 2.62. The maximum atomic E-state index is 13.8. The maximum Gasteiger partial charge on any atom is 0.220 e. The highest BCUT2D eigenvalue weighted by atomic mass is 19.1. The summed E-state index contributed by atoms with van der Waals surface area (Å²) in [7, 11) is 0. The molecule has 0 atom stereocenters. The Morgan fingerprint density at radius 2 is 2.10 bits per heavy atom. The van der Waals surface area contributed by atoms with Crippen LogP contribution in [0.3, 0.4) is 0 Å². The van der Waals surface area contributed by atoms with Gasteiger partial charge in [0.2, 0.25) is 5.91 Å². The van der Waals surface area contributed by atoms with Gasteiger partial charge in [0.15, 0.2) is 5.84 Å². The summed E-state index contributed by atoms with van der Waals surface area (Å²) in [6.45, 7) is 5.98. The van der Waals surface area contributed by atoms with Crippen LogP contribution in [0.2, 0.25) is 0 Å². The Balaban J connectivity index is 2.68. The van der Waals surface area contributed by atoms with Crippen LogP contribution < -0.4 is 11.1 Å². The number of hydrogen-bond acceptors (Lipinski definition) is 3. The Morgan fingerprint density at radius 1 is 1.45 bits per heavy atom. The molecule has 110 valence electrons.